The zero-order valence-corrected chi connectivity index (χ0v) is 17.8. The van der Waals surface area contributed by atoms with E-state index in [0.29, 0.717) is 28.7 Å². The summed E-state index contributed by atoms with van der Waals surface area (Å²) in [6.07, 6.45) is 1.69. The summed E-state index contributed by atoms with van der Waals surface area (Å²) in [5, 5.41) is 3.06. The van der Waals surface area contributed by atoms with Crippen molar-refractivity contribution in [2.24, 2.45) is 0 Å². The summed E-state index contributed by atoms with van der Waals surface area (Å²) < 4.78 is 20.6. The molecular weight excluding hydrogens is 409 g/mol. The second-order valence-electron chi connectivity index (χ2n) is 7.43. The number of rotatable bonds is 6. The SMILES string of the molecule is COc1ccc(Cn2ccc3nc(C)c(C(=O)NCc4ccccc4F)cc3c2=O)cc1. The van der Waals surface area contributed by atoms with Crippen LogP contribution in [0, 0.1) is 12.7 Å². The molecule has 6 nitrogen and oxygen atoms in total. The molecule has 0 bridgehead atoms. The lowest BCUT2D eigenvalue weighted by molar-refractivity contribution is 0.0949. The van der Waals surface area contributed by atoms with E-state index in [9.17, 15) is 14.0 Å². The molecule has 0 fully saturated rings. The number of methoxy groups -OCH3 is 1. The first kappa shape index (κ1) is 21.2. The normalized spacial score (nSPS) is 10.8. The van der Waals surface area contributed by atoms with Crippen molar-refractivity contribution in [3.05, 3.63) is 105 Å². The fraction of sp³-hybridized carbons (Fsp3) is 0.160. The standard InChI is InChI=1S/C25H22FN3O3/c1-16-20(24(30)27-14-18-5-3-4-6-22(18)26)13-21-23(28-16)11-12-29(25(21)31)15-17-7-9-19(32-2)10-8-17/h3-13H,14-15H2,1-2H3,(H,27,30). The first-order valence-electron chi connectivity index (χ1n) is 10.1. The van der Waals surface area contributed by atoms with Crippen LogP contribution >= 0.6 is 0 Å². The van der Waals surface area contributed by atoms with Crippen LogP contribution in [0.25, 0.3) is 10.9 Å². The van der Waals surface area contributed by atoms with E-state index in [1.165, 1.54) is 6.07 Å². The quantitative estimate of drug-likeness (QED) is 0.504. The maximum atomic E-state index is 13.8. The van der Waals surface area contributed by atoms with Crippen molar-refractivity contribution in [3.63, 3.8) is 0 Å². The highest BCUT2D eigenvalue weighted by atomic mass is 19.1. The van der Waals surface area contributed by atoms with Gasteiger partial charge >= 0.3 is 0 Å². The summed E-state index contributed by atoms with van der Waals surface area (Å²) in [6.45, 7) is 2.13. The third-order valence-corrected chi connectivity index (χ3v) is 5.30. The second kappa shape index (κ2) is 9.01. The number of carbonyl (C=O) groups excluding carboxylic acids is 1. The lowest BCUT2D eigenvalue weighted by Gasteiger charge is -2.11. The number of carbonyl (C=O) groups is 1. The molecule has 0 radical (unpaired) electrons. The van der Waals surface area contributed by atoms with Gasteiger partial charge in [0.25, 0.3) is 11.5 Å². The molecule has 0 saturated carbocycles. The van der Waals surface area contributed by atoms with Gasteiger partial charge in [0.1, 0.15) is 11.6 Å². The van der Waals surface area contributed by atoms with Gasteiger partial charge in [-0.25, -0.2) is 4.39 Å². The fourth-order valence-corrected chi connectivity index (χ4v) is 3.50. The summed E-state index contributed by atoms with van der Waals surface area (Å²) in [7, 11) is 1.60. The van der Waals surface area contributed by atoms with E-state index in [1.54, 1.807) is 55.1 Å². The average Bonchev–Trinajstić information content (AvgIpc) is 2.80. The highest BCUT2D eigenvalue weighted by molar-refractivity contribution is 5.98. The molecule has 2 aromatic carbocycles. The molecule has 0 spiro atoms. The van der Waals surface area contributed by atoms with E-state index in [1.807, 2.05) is 24.3 Å². The maximum absolute atomic E-state index is 13.8. The molecule has 32 heavy (non-hydrogen) atoms. The molecule has 0 aliphatic heterocycles. The summed E-state index contributed by atoms with van der Waals surface area (Å²) in [6, 6.07) is 17.0. The van der Waals surface area contributed by atoms with Gasteiger partial charge in [-0.15, -0.1) is 0 Å². The van der Waals surface area contributed by atoms with Crippen LogP contribution < -0.4 is 15.6 Å². The number of amides is 1. The van der Waals surface area contributed by atoms with Crippen molar-refractivity contribution >= 4 is 16.8 Å². The Kier molecular flexibility index (Phi) is 5.98. The van der Waals surface area contributed by atoms with Gasteiger partial charge < -0.3 is 14.6 Å². The number of benzene rings is 2. The van der Waals surface area contributed by atoms with E-state index in [4.69, 9.17) is 4.74 Å². The van der Waals surface area contributed by atoms with Crippen LogP contribution in [-0.4, -0.2) is 22.6 Å². The van der Waals surface area contributed by atoms with Gasteiger partial charge in [-0.2, -0.15) is 0 Å². The molecule has 0 atom stereocenters. The summed E-state index contributed by atoms with van der Waals surface area (Å²) in [5.41, 5.74) is 2.38. The lowest BCUT2D eigenvalue weighted by atomic mass is 10.1. The summed E-state index contributed by atoms with van der Waals surface area (Å²) in [5.74, 6) is -0.0574. The number of nitrogens with zero attached hydrogens (tertiary/aromatic N) is 2. The largest absolute Gasteiger partial charge is 0.497 e. The van der Waals surface area contributed by atoms with Crippen molar-refractivity contribution in [3.8, 4) is 5.75 Å². The van der Waals surface area contributed by atoms with Crippen LogP contribution in [-0.2, 0) is 13.1 Å². The number of hydrogen-bond donors (Lipinski definition) is 1. The van der Waals surface area contributed by atoms with Crippen LogP contribution in [0.15, 0.2) is 71.7 Å². The van der Waals surface area contributed by atoms with E-state index >= 15 is 0 Å². The average molecular weight is 431 g/mol. The molecule has 4 rings (SSSR count). The van der Waals surface area contributed by atoms with Crippen LogP contribution in [0.4, 0.5) is 4.39 Å². The molecular formula is C25H22FN3O3. The summed E-state index contributed by atoms with van der Waals surface area (Å²) >= 11 is 0. The minimum absolute atomic E-state index is 0.0411. The molecule has 2 aromatic heterocycles. The van der Waals surface area contributed by atoms with Crippen molar-refractivity contribution in [2.45, 2.75) is 20.0 Å². The number of halogens is 1. The van der Waals surface area contributed by atoms with Crippen molar-refractivity contribution in [1.82, 2.24) is 14.9 Å². The highest BCUT2D eigenvalue weighted by Gasteiger charge is 2.15. The van der Waals surface area contributed by atoms with Gasteiger partial charge in [0.2, 0.25) is 0 Å². The highest BCUT2D eigenvalue weighted by Crippen LogP contribution is 2.16. The van der Waals surface area contributed by atoms with E-state index in [0.717, 1.165) is 11.3 Å². The Morgan fingerprint density at radius 3 is 2.59 bits per heavy atom. The number of pyridine rings is 2. The molecule has 1 N–H and O–H groups in total. The van der Waals surface area contributed by atoms with Gasteiger partial charge in [0, 0.05) is 18.3 Å². The maximum Gasteiger partial charge on any atom is 0.260 e. The van der Waals surface area contributed by atoms with E-state index in [2.05, 4.69) is 10.3 Å². The van der Waals surface area contributed by atoms with Crippen LogP contribution in [0.2, 0.25) is 0 Å². The lowest BCUT2D eigenvalue weighted by Crippen LogP contribution is -2.26. The molecule has 0 unspecified atom stereocenters. The van der Waals surface area contributed by atoms with Crippen LogP contribution in [0.5, 0.6) is 5.75 Å². The molecule has 0 saturated heterocycles. The Bertz CT molecular complexity index is 1350. The number of ether oxygens (including phenoxy) is 1. The minimum Gasteiger partial charge on any atom is -0.497 e. The zero-order chi connectivity index (χ0) is 22.7. The number of aryl methyl sites for hydroxylation is 1. The smallest absolute Gasteiger partial charge is 0.260 e. The third-order valence-electron chi connectivity index (χ3n) is 5.30. The topological polar surface area (TPSA) is 73.2 Å². The first-order valence-corrected chi connectivity index (χ1v) is 10.1. The molecule has 2 heterocycles. The third kappa shape index (κ3) is 4.37. The molecule has 1 amide bonds. The Hall–Kier alpha value is -4.00. The molecule has 162 valence electrons. The number of fused-ring (bicyclic) bond motifs is 1. The van der Waals surface area contributed by atoms with Gasteiger partial charge in [-0.1, -0.05) is 30.3 Å². The predicted molar refractivity (Wildman–Crippen MR) is 120 cm³/mol. The second-order valence-corrected chi connectivity index (χ2v) is 7.43. The predicted octanol–water partition coefficient (Wildman–Crippen LogP) is 3.83. The number of nitrogens with one attached hydrogen (secondary N) is 1. The van der Waals surface area contributed by atoms with Crippen LogP contribution in [0.3, 0.4) is 0 Å². The molecule has 0 aliphatic rings. The van der Waals surface area contributed by atoms with Crippen molar-refractivity contribution < 1.29 is 13.9 Å². The van der Waals surface area contributed by atoms with E-state index < -0.39 is 5.91 Å². The Balaban J connectivity index is 1.62. The van der Waals surface area contributed by atoms with Gasteiger partial charge in [-0.05, 0) is 42.8 Å². The van der Waals surface area contributed by atoms with Crippen LogP contribution in [0.1, 0.15) is 27.2 Å². The van der Waals surface area contributed by atoms with Gasteiger partial charge in [0.15, 0.2) is 0 Å². The number of aromatic nitrogens is 2. The van der Waals surface area contributed by atoms with E-state index in [-0.39, 0.29) is 23.5 Å². The monoisotopic (exact) mass is 431 g/mol. The number of hydrogen-bond acceptors (Lipinski definition) is 4. The summed E-state index contributed by atoms with van der Waals surface area (Å²) in [4.78, 5) is 30.3. The Morgan fingerprint density at radius 1 is 1.12 bits per heavy atom. The fourth-order valence-electron chi connectivity index (χ4n) is 3.50. The van der Waals surface area contributed by atoms with Crippen molar-refractivity contribution in [2.75, 3.05) is 7.11 Å². The Labute approximate surface area is 184 Å². The van der Waals surface area contributed by atoms with Gasteiger partial charge in [0.05, 0.1) is 35.8 Å². The first-order chi connectivity index (χ1) is 15.5. The minimum atomic E-state index is -0.412. The Morgan fingerprint density at radius 2 is 1.88 bits per heavy atom. The molecule has 0 aliphatic carbocycles. The van der Waals surface area contributed by atoms with Gasteiger partial charge in [-0.3, -0.25) is 14.6 Å². The molecule has 7 heteroatoms. The van der Waals surface area contributed by atoms with Crippen molar-refractivity contribution in [1.29, 1.82) is 0 Å². The zero-order valence-electron chi connectivity index (χ0n) is 17.8. The molecule has 4 aromatic rings.